The largest absolute Gasteiger partial charge is 0.461 e. The summed E-state index contributed by atoms with van der Waals surface area (Å²) in [6, 6.07) is 10.2. The number of carbonyl (C=O) groups is 2. The van der Waals surface area contributed by atoms with Crippen LogP contribution in [0.1, 0.15) is 63.4 Å². The number of amides is 1. The molecular formula is C28H37N4O3+. The fourth-order valence-electron chi connectivity index (χ4n) is 5.38. The minimum atomic E-state index is -0.548. The number of hydrogen-bond acceptors (Lipinski definition) is 5. The molecule has 186 valence electrons. The van der Waals surface area contributed by atoms with E-state index in [0.717, 1.165) is 56.2 Å². The number of aromatic nitrogens is 2. The third kappa shape index (κ3) is 6.34. The molecule has 7 heteroatoms. The zero-order valence-corrected chi connectivity index (χ0v) is 20.5. The van der Waals surface area contributed by atoms with Crippen LogP contribution in [-0.2, 0) is 19.7 Å². The van der Waals surface area contributed by atoms with Crippen LogP contribution in [0.4, 0.5) is 5.82 Å². The SMILES string of the molecule is C=C1CC(OC(=O)C2(c3ccccc3)CCCCCCC2)C1CC[NH2+]CC(=O)Nc1cnccn1. The van der Waals surface area contributed by atoms with Gasteiger partial charge in [-0.25, -0.2) is 4.98 Å². The Labute approximate surface area is 207 Å². The van der Waals surface area contributed by atoms with Gasteiger partial charge in [-0.15, -0.1) is 0 Å². The van der Waals surface area contributed by atoms with Crippen molar-refractivity contribution in [3.63, 3.8) is 0 Å². The molecule has 35 heavy (non-hydrogen) atoms. The molecule has 1 amide bonds. The number of quaternary nitrogens is 1. The number of anilines is 1. The van der Waals surface area contributed by atoms with Gasteiger partial charge >= 0.3 is 5.97 Å². The van der Waals surface area contributed by atoms with E-state index >= 15 is 0 Å². The molecule has 1 aromatic heterocycles. The van der Waals surface area contributed by atoms with Gasteiger partial charge in [0.2, 0.25) is 0 Å². The van der Waals surface area contributed by atoms with E-state index in [2.05, 4.69) is 34.0 Å². The highest BCUT2D eigenvalue weighted by Gasteiger charge is 2.45. The number of hydrogen-bond donors (Lipinski definition) is 2. The van der Waals surface area contributed by atoms with Crippen molar-refractivity contribution in [1.29, 1.82) is 0 Å². The third-order valence-electron chi connectivity index (χ3n) is 7.46. The van der Waals surface area contributed by atoms with Crippen LogP contribution >= 0.6 is 0 Å². The van der Waals surface area contributed by atoms with Crippen LogP contribution < -0.4 is 10.6 Å². The van der Waals surface area contributed by atoms with E-state index in [-0.39, 0.29) is 23.9 Å². The van der Waals surface area contributed by atoms with E-state index in [1.807, 2.05) is 23.5 Å². The van der Waals surface area contributed by atoms with Gasteiger partial charge in [0, 0.05) is 31.2 Å². The molecule has 2 unspecified atom stereocenters. The lowest BCUT2D eigenvalue weighted by atomic mass is 9.70. The molecule has 0 radical (unpaired) electrons. The quantitative estimate of drug-likeness (QED) is 0.327. The summed E-state index contributed by atoms with van der Waals surface area (Å²) in [5.41, 5.74) is 1.67. The Kier molecular flexibility index (Phi) is 8.64. The first-order chi connectivity index (χ1) is 17.1. The van der Waals surface area contributed by atoms with E-state index in [0.29, 0.717) is 12.4 Å². The molecule has 2 aliphatic carbocycles. The first-order valence-electron chi connectivity index (χ1n) is 12.9. The number of nitrogens with two attached hydrogens (primary N) is 1. The molecule has 0 saturated heterocycles. The Morgan fingerprint density at radius 2 is 1.83 bits per heavy atom. The van der Waals surface area contributed by atoms with Crippen molar-refractivity contribution in [1.82, 2.24) is 9.97 Å². The number of ether oxygens (including phenoxy) is 1. The number of esters is 1. The van der Waals surface area contributed by atoms with Crippen molar-refractivity contribution in [3.8, 4) is 0 Å². The van der Waals surface area contributed by atoms with Crippen molar-refractivity contribution in [2.75, 3.05) is 18.4 Å². The predicted octanol–water partition coefficient (Wildman–Crippen LogP) is 3.54. The highest BCUT2D eigenvalue weighted by atomic mass is 16.5. The lowest BCUT2D eigenvalue weighted by Gasteiger charge is -2.41. The molecule has 0 spiro atoms. The van der Waals surface area contributed by atoms with Gasteiger partial charge in [-0.1, -0.05) is 74.6 Å². The van der Waals surface area contributed by atoms with Gasteiger partial charge in [0.15, 0.2) is 12.4 Å². The van der Waals surface area contributed by atoms with Gasteiger partial charge in [-0.05, 0) is 18.4 Å². The van der Waals surface area contributed by atoms with E-state index in [4.69, 9.17) is 4.74 Å². The predicted molar refractivity (Wildman–Crippen MR) is 135 cm³/mol. The molecule has 2 aromatic rings. The fraction of sp³-hybridized carbons (Fsp3) is 0.500. The Hall–Kier alpha value is -3.06. The number of nitrogens with one attached hydrogen (secondary N) is 1. The minimum Gasteiger partial charge on any atom is -0.461 e. The molecule has 1 aromatic carbocycles. The standard InChI is InChI=1S/C28H36N4O3/c1-21-18-24(23(21)12-15-29-20-26(33)32-25-19-30-16-17-31-25)35-27(34)28(22-10-6-5-7-11-22)13-8-3-2-4-9-14-28/h5-7,10-11,16-17,19,23-24,29H,1-4,8-9,12-15,18,20H2,(H,31,32,33)/p+1. The van der Waals surface area contributed by atoms with E-state index in [1.165, 1.54) is 25.5 Å². The third-order valence-corrected chi connectivity index (χ3v) is 7.46. The van der Waals surface area contributed by atoms with E-state index in [9.17, 15) is 9.59 Å². The van der Waals surface area contributed by atoms with Gasteiger partial charge in [0.05, 0.1) is 18.2 Å². The monoisotopic (exact) mass is 477 g/mol. The highest BCUT2D eigenvalue weighted by Crippen LogP contribution is 2.43. The maximum absolute atomic E-state index is 13.7. The first kappa shape index (κ1) is 25.0. The summed E-state index contributed by atoms with van der Waals surface area (Å²) in [4.78, 5) is 33.8. The smallest absolute Gasteiger partial charge is 0.316 e. The number of nitrogens with zero attached hydrogens (tertiary/aromatic N) is 2. The van der Waals surface area contributed by atoms with Gasteiger partial charge < -0.3 is 15.4 Å². The Morgan fingerprint density at radius 3 is 2.51 bits per heavy atom. The second-order valence-electron chi connectivity index (χ2n) is 9.84. The molecule has 3 N–H and O–H groups in total. The molecule has 2 fully saturated rings. The van der Waals surface area contributed by atoms with Gasteiger partial charge in [-0.3, -0.25) is 14.6 Å². The summed E-state index contributed by atoms with van der Waals surface area (Å²) in [5.74, 6) is 0.418. The highest BCUT2D eigenvalue weighted by molar-refractivity contribution is 5.90. The second-order valence-corrected chi connectivity index (χ2v) is 9.84. The molecule has 1 heterocycles. The summed E-state index contributed by atoms with van der Waals surface area (Å²) < 4.78 is 6.21. The van der Waals surface area contributed by atoms with Gasteiger partial charge in [0.25, 0.3) is 5.91 Å². The second kappa shape index (κ2) is 12.1. The van der Waals surface area contributed by atoms with Gasteiger partial charge in [-0.2, -0.15) is 0 Å². The molecule has 2 saturated carbocycles. The Balaban J connectivity index is 1.30. The summed E-state index contributed by atoms with van der Waals surface area (Å²) in [7, 11) is 0. The van der Waals surface area contributed by atoms with Crippen molar-refractivity contribution in [2.45, 2.75) is 69.3 Å². The lowest BCUT2D eigenvalue weighted by Crippen LogP contribution is -2.86. The number of benzene rings is 1. The summed E-state index contributed by atoms with van der Waals surface area (Å²) in [6.45, 7) is 5.25. The van der Waals surface area contributed by atoms with Crippen LogP contribution in [0.5, 0.6) is 0 Å². The van der Waals surface area contributed by atoms with E-state index < -0.39 is 5.41 Å². The summed E-state index contributed by atoms with van der Waals surface area (Å²) in [5, 5.41) is 4.71. The summed E-state index contributed by atoms with van der Waals surface area (Å²) >= 11 is 0. The normalized spacial score (nSPS) is 21.8. The summed E-state index contributed by atoms with van der Waals surface area (Å²) in [6.07, 6.45) is 13.5. The molecule has 2 atom stereocenters. The molecule has 2 aliphatic rings. The fourth-order valence-corrected chi connectivity index (χ4v) is 5.38. The van der Waals surface area contributed by atoms with Crippen LogP contribution in [0.2, 0.25) is 0 Å². The lowest BCUT2D eigenvalue weighted by molar-refractivity contribution is -0.644. The average Bonchev–Trinajstić information content (AvgIpc) is 2.85. The number of carbonyl (C=O) groups excluding carboxylic acids is 2. The van der Waals surface area contributed by atoms with Crippen molar-refractivity contribution in [2.24, 2.45) is 5.92 Å². The zero-order chi connectivity index (χ0) is 24.5. The molecule has 0 bridgehead atoms. The Morgan fingerprint density at radius 1 is 1.09 bits per heavy atom. The van der Waals surface area contributed by atoms with Crippen molar-refractivity contribution < 1.29 is 19.6 Å². The van der Waals surface area contributed by atoms with Crippen LogP contribution in [0.15, 0.2) is 61.1 Å². The molecular weight excluding hydrogens is 440 g/mol. The average molecular weight is 478 g/mol. The zero-order valence-electron chi connectivity index (χ0n) is 20.5. The minimum absolute atomic E-state index is 0.0690. The molecule has 4 rings (SSSR count). The van der Waals surface area contributed by atoms with E-state index in [1.54, 1.807) is 12.4 Å². The number of rotatable bonds is 9. The van der Waals surface area contributed by atoms with Crippen LogP contribution in [0.25, 0.3) is 0 Å². The Bertz CT molecular complexity index is 988. The van der Waals surface area contributed by atoms with Crippen LogP contribution in [0.3, 0.4) is 0 Å². The van der Waals surface area contributed by atoms with Crippen LogP contribution in [-0.4, -0.2) is 41.0 Å². The maximum atomic E-state index is 13.7. The molecule has 0 aliphatic heterocycles. The van der Waals surface area contributed by atoms with Crippen molar-refractivity contribution >= 4 is 17.7 Å². The maximum Gasteiger partial charge on any atom is 0.316 e. The first-order valence-corrected chi connectivity index (χ1v) is 12.9. The topological polar surface area (TPSA) is 97.8 Å². The van der Waals surface area contributed by atoms with Crippen molar-refractivity contribution in [3.05, 3.63) is 66.6 Å². The molecule has 7 nitrogen and oxygen atoms in total. The van der Waals surface area contributed by atoms with Crippen LogP contribution in [0, 0.1) is 5.92 Å². The van der Waals surface area contributed by atoms with Gasteiger partial charge in [0.1, 0.15) is 6.10 Å².